The molecule has 2 nitrogen and oxygen atoms in total. The summed E-state index contributed by atoms with van der Waals surface area (Å²) in [5, 5.41) is 3.62. The third kappa shape index (κ3) is 8.93. The van der Waals surface area contributed by atoms with Crippen LogP contribution >= 0.6 is 0 Å². The Hall–Kier alpha value is -0.0800. The summed E-state index contributed by atoms with van der Waals surface area (Å²) >= 11 is 0. The van der Waals surface area contributed by atoms with Crippen LogP contribution in [0.3, 0.4) is 0 Å². The highest BCUT2D eigenvalue weighted by molar-refractivity contribution is 4.74. The lowest BCUT2D eigenvalue weighted by molar-refractivity contribution is 0.0973. The van der Waals surface area contributed by atoms with Gasteiger partial charge in [0.05, 0.1) is 0 Å². The summed E-state index contributed by atoms with van der Waals surface area (Å²) in [5.41, 5.74) is 0. The number of ether oxygens (including phenoxy) is 1. The normalized spacial score (nSPS) is 15.3. The predicted molar refractivity (Wildman–Crippen MR) is 81.0 cm³/mol. The predicted octanol–water partition coefficient (Wildman–Crippen LogP) is 4.10. The molecule has 1 N–H and O–H groups in total. The minimum Gasteiger partial charge on any atom is -0.381 e. The van der Waals surface area contributed by atoms with Crippen molar-refractivity contribution in [3.05, 3.63) is 0 Å². The average molecular weight is 257 g/mol. The van der Waals surface area contributed by atoms with Crippen LogP contribution in [0, 0.1) is 17.8 Å². The van der Waals surface area contributed by atoms with Gasteiger partial charge in [-0.3, -0.25) is 0 Å². The molecule has 0 aliphatic carbocycles. The average Bonchev–Trinajstić information content (AvgIpc) is 2.29. The van der Waals surface area contributed by atoms with Gasteiger partial charge >= 0.3 is 0 Å². The molecule has 0 aromatic carbocycles. The summed E-state index contributed by atoms with van der Waals surface area (Å²) in [5.74, 6) is 2.18. The van der Waals surface area contributed by atoms with E-state index in [4.69, 9.17) is 4.74 Å². The molecule has 0 saturated carbocycles. The van der Waals surface area contributed by atoms with Crippen LogP contribution in [0.15, 0.2) is 0 Å². The zero-order valence-corrected chi connectivity index (χ0v) is 13.5. The molecule has 0 fully saturated rings. The van der Waals surface area contributed by atoms with Crippen molar-refractivity contribution in [2.24, 2.45) is 17.8 Å². The van der Waals surface area contributed by atoms with E-state index in [9.17, 15) is 0 Å². The van der Waals surface area contributed by atoms with Crippen LogP contribution in [0.4, 0.5) is 0 Å². The van der Waals surface area contributed by atoms with Gasteiger partial charge in [-0.15, -0.1) is 0 Å². The third-order valence-corrected chi connectivity index (χ3v) is 3.65. The molecule has 0 spiro atoms. The Labute approximate surface area is 115 Å². The van der Waals surface area contributed by atoms with Crippen molar-refractivity contribution in [3.63, 3.8) is 0 Å². The summed E-state index contributed by atoms with van der Waals surface area (Å²) in [6, 6.07) is 0.596. The number of hydrogen-bond acceptors (Lipinski definition) is 2. The number of rotatable bonds is 11. The zero-order chi connectivity index (χ0) is 14.0. The van der Waals surface area contributed by atoms with Crippen molar-refractivity contribution >= 4 is 0 Å². The maximum absolute atomic E-state index is 5.75. The van der Waals surface area contributed by atoms with Crippen molar-refractivity contribution in [2.45, 2.75) is 66.8 Å². The van der Waals surface area contributed by atoms with Crippen molar-refractivity contribution in [2.75, 3.05) is 19.8 Å². The van der Waals surface area contributed by atoms with Crippen molar-refractivity contribution < 1.29 is 4.74 Å². The van der Waals surface area contributed by atoms with Crippen LogP contribution in [0.25, 0.3) is 0 Å². The van der Waals surface area contributed by atoms with Crippen LogP contribution < -0.4 is 5.32 Å². The van der Waals surface area contributed by atoms with Gasteiger partial charge < -0.3 is 10.1 Å². The molecule has 0 radical (unpaired) electrons. The van der Waals surface area contributed by atoms with Crippen molar-refractivity contribution in [1.82, 2.24) is 5.32 Å². The topological polar surface area (TPSA) is 21.3 Å². The molecule has 2 atom stereocenters. The highest BCUT2D eigenvalue weighted by Crippen LogP contribution is 2.19. The Balaban J connectivity index is 3.82. The highest BCUT2D eigenvalue weighted by atomic mass is 16.5. The number of nitrogens with one attached hydrogen (secondary N) is 1. The lowest BCUT2D eigenvalue weighted by atomic mass is 9.86. The summed E-state index contributed by atoms with van der Waals surface area (Å²) in [6.45, 7) is 16.6. The molecule has 0 amide bonds. The van der Waals surface area contributed by atoms with Gasteiger partial charge in [-0.1, -0.05) is 34.6 Å². The van der Waals surface area contributed by atoms with Gasteiger partial charge in [-0.05, 0) is 50.5 Å². The Morgan fingerprint density at radius 2 is 1.56 bits per heavy atom. The van der Waals surface area contributed by atoms with E-state index in [0.717, 1.165) is 37.5 Å². The molecule has 2 heteroatoms. The Morgan fingerprint density at radius 1 is 0.944 bits per heavy atom. The highest BCUT2D eigenvalue weighted by Gasteiger charge is 2.19. The Kier molecular flexibility index (Phi) is 10.8. The Morgan fingerprint density at radius 3 is 2.06 bits per heavy atom. The Bertz CT molecular complexity index is 180. The largest absolute Gasteiger partial charge is 0.381 e. The molecule has 2 unspecified atom stereocenters. The van der Waals surface area contributed by atoms with E-state index in [1.807, 2.05) is 0 Å². The molecule has 0 aromatic heterocycles. The van der Waals surface area contributed by atoms with E-state index < -0.39 is 0 Å². The molecule has 0 heterocycles. The zero-order valence-electron chi connectivity index (χ0n) is 13.5. The van der Waals surface area contributed by atoms with Gasteiger partial charge in [0.25, 0.3) is 0 Å². The van der Waals surface area contributed by atoms with Gasteiger partial charge in [0, 0.05) is 19.3 Å². The summed E-state index contributed by atoms with van der Waals surface area (Å²) < 4.78 is 5.75. The van der Waals surface area contributed by atoms with Gasteiger partial charge in [-0.25, -0.2) is 0 Å². The van der Waals surface area contributed by atoms with Gasteiger partial charge in [0.15, 0.2) is 0 Å². The minimum atomic E-state index is 0.596. The van der Waals surface area contributed by atoms with Crippen LogP contribution in [0.2, 0.25) is 0 Å². The molecular weight excluding hydrogens is 222 g/mol. The van der Waals surface area contributed by atoms with E-state index in [1.54, 1.807) is 0 Å². The van der Waals surface area contributed by atoms with Gasteiger partial charge in [-0.2, -0.15) is 0 Å². The monoisotopic (exact) mass is 257 g/mol. The van der Waals surface area contributed by atoms with Gasteiger partial charge in [0.1, 0.15) is 0 Å². The van der Waals surface area contributed by atoms with E-state index in [2.05, 4.69) is 46.9 Å². The maximum Gasteiger partial charge on any atom is 0.0469 e. The fourth-order valence-electron chi connectivity index (χ4n) is 2.32. The standard InChI is InChI=1S/C16H35NO/c1-7-10-17-15(6)16(14(4)5)9-12-18-11-8-13(2)3/h13-17H,7-12H2,1-6H3. The summed E-state index contributed by atoms with van der Waals surface area (Å²) in [7, 11) is 0. The molecule has 0 rings (SSSR count). The number of hydrogen-bond donors (Lipinski definition) is 1. The second kappa shape index (κ2) is 10.8. The van der Waals surface area contributed by atoms with E-state index >= 15 is 0 Å². The summed E-state index contributed by atoms with van der Waals surface area (Å²) in [6.07, 6.45) is 3.56. The SMILES string of the molecule is CCCNC(C)C(CCOCCC(C)C)C(C)C. The lowest BCUT2D eigenvalue weighted by Gasteiger charge is -2.28. The first-order valence-corrected chi connectivity index (χ1v) is 7.80. The molecule has 0 bridgehead atoms. The van der Waals surface area contributed by atoms with Crippen LogP contribution in [0.1, 0.15) is 60.8 Å². The molecule has 110 valence electrons. The van der Waals surface area contributed by atoms with Gasteiger partial charge in [0.2, 0.25) is 0 Å². The van der Waals surface area contributed by atoms with E-state index in [1.165, 1.54) is 19.3 Å². The van der Waals surface area contributed by atoms with E-state index in [-0.39, 0.29) is 0 Å². The summed E-state index contributed by atoms with van der Waals surface area (Å²) in [4.78, 5) is 0. The fraction of sp³-hybridized carbons (Fsp3) is 1.00. The van der Waals surface area contributed by atoms with Crippen molar-refractivity contribution in [3.8, 4) is 0 Å². The maximum atomic E-state index is 5.75. The second-order valence-electron chi connectivity index (χ2n) is 6.23. The molecule has 0 aliphatic rings. The minimum absolute atomic E-state index is 0.596. The lowest BCUT2D eigenvalue weighted by Crippen LogP contribution is -2.37. The first-order valence-electron chi connectivity index (χ1n) is 7.80. The molecule has 18 heavy (non-hydrogen) atoms. The fourth-order valence-corrected chi connectivity index (χ4v) is 2.32. The third-order valence-electron chi connectivity index (χ3n) is 3.65. The van der Waals surface area contributed by atoms with Crippen LogP contribution in [-0.2, 0) is 4.74 Å². The molecule has 0 saturated heterocycles. The molecule has 0 aromatic rings. The quantitative estimate of drug-likeness (QED) is 0.563. The molecular formula is C16H35NO. The first-order chi connectivity index (χ1) is 8.49. The van der Waals surface area contributed by atoms with Crippen LogP contribution in [0.5, 0.6) is 0 Å². The van der Waals surface area contributed by atoms with E-state index in [0.29, 0.717) is 6.04 Å². The second-order valence-corrected chi connectivity index (χ2v) is 6.23. The molecule has 0 aliphatic heterocycles. The van der Waals surface area contributed by atoms with Crippen LogP contribution in [-0.4, -0.2) is 25.8 Å². The first kappa shape index (κ1) is 17.9. The smallest absolute Gasteiger partial charge is 0.0469 e. The van der Waals surface area contributed by atoms with Crippen molar-refractivity contribution in [1.29, 1.82) is 0 Å².